The average molecular weight is 357 g/mol. The van der Waals surface area contributed by atoms with Crippen LogP contribution in [0.25, 0.3) is 0 Å². The Bertz CT molecular complexity index is 934. The van der Waals surface area contributed by atoms with Gasteiger partial charge in [0, 0.05) is 43.5 Å². The van der Waals surface area contributed by atoms with Crippen LogP contribution in [0.5, 0.6) is 0 Å². The van der Waals surface area contributed by atoms with E-state index in [1.165, 1.54) is 53.0 Å². The molecule has 2 heteroatoms. The van der Waals surface area contributed by atoms with Gasteiger partial charge >= 0.3 is 0 Å². The topological polar surface area (TPSA) is 8.17 Å². The Labute approximate surface area is 162 Å². The molecule has 2 aliphatic rings. The average Bonchev–Trinajstić information content (AvgIpc) is 3.48. The third-order valence-electron chi connectivity index (χ3n) is 6.30. The van der Waals surface area contributed by atoms with Gasteiger partial charge in [-0.1, -0.05) is 54.6 Å². The van der Waals surface area contributed by atoms with E-state index < -0.39 is 0 Å². The number of aromatic nitrogens is 1. The molecule has 0 saturated heterocycles. The minimum absolute atomic E-state index is 0.899. The highest BCUT2D eigenvalue weighted by atomic mass is 15.2. The van der Waals surface area contributed by atoms with Gasteiger partial charge in [-0.05, 0) is 48.8 Å². The molecule has 0 N–H and O–H groups in total. The van der Waals surface area contributed by atoms with Crippen LogP contribution in [0.1, 0.15) is 40.8 Å². The number of hydrogen-bond acceptors (Lipinski definition) is 1. The molecule has 0 bridgehead atoms. The second-order valence-electron chi connectivity index (χ2n) is 8.28. The zero-order chi connectivity index (χ0) is 18.2. The van der Waals surface area contributed by atoms with Crippen molar-refractivity contribution in [1.82, 2.24) is 4.57 Å². The first-order chi connectivity index (χ1) is 13.3. The molecule has 2 heterocycles. The summed E-state index contributed by atoms with van der Waals surface area (Å²) in [4.78, 5) is 2.61. The van der Waals surface area contributed by atoms with Gasteiger partial charge in [-0.15, -0.1) is 0 Å². The molecule has 5 rings (SSSR count). The maximum Gasteiger partial charge on any atom is 0.0587 e. The Hall–Kier alpha value is -2.48. The van der Waals surface area contributed by atoms with Crippen LogP contribution in [0, 0.1) is 12.8 Å². The summed E-state index contributed by atoms with van der Waals surface area (Å²) in [6.45, 7) is 5.66. The lowest BCUT2D eigenvalue weighted by atomic mass is 9.98. The van der Waals surface area contributed by atoms with Gasteiger partial charge in [0.1, 0.15) is 0 Å². The predicted octanol–water partition coefficient (Wildman–Crippen LogP) is 5.36. The number of anilines is 1. The molecule has 1 aromatic heterocycles. The summed E-state index contributed by atoms with van der Waals surface area (Å²) in [5, 5.41) is 0. The van der Waals surface area contributed by atoms with Gasteiger partial charge in [0.05, 0.1) is 5.69 Å². The standard InChI is InChI=1S/C25H28N2/c1-19-24(15-20-7-3-2-4-8-20)25(18-27(19)16-21-11-12-21)26-14-13-22-9-5-6-10-23(22)17-26/h2-10,18,21H,11-17H2,1H3. The van der Waals surface area contributed by atoms with Crippen molar-refractivity contribution in [3.8, 4) is 0 Å². The fourth-order valence-corrected chi connectivity index (χ4v) is 4.44. The second kappa shape index (κ2) is 6.92. The quantitative estimate of drug-likeness (QED) is 0.597. The van der Waals surface area contributed by atoms with Crippen molar-refractivity contribution in [2.45, 2.75) is 45.7 Å². The van der Waals surface area contributed by atoms with Crippen molar-refractivity contribution < 1.29 is 0 Å². The largest absolute Gasteiger partial charge is 0.365 e. The Morgan fingerprint density at radius 3 is 2.44 bits per heavy atom. The predicted molar refractivity (Wildman–Crippen MR) is 112 cm³/mol. The van der Waals surface area contributed by atoms with E-state index in [0.29, 0.717) is 0 Å². The molecular formula is C25H28N2. The van der Waals surface area contributed by atoms with E-state index in [1.807, 2.05) is 0 Å². The fourth-order valence-electron chi connectivity index (χ4n) is 4.44. The summed E-state index contributed by atoms with van der Waals surface area (Å²) >= 11 is 0. The van der Waals surface area contributed by atoms with Crippen LogP contribution in [0.15, 0.2) is 60.8 Å². The molecule has 0 unspecified atom stereocenters. The molecule has 138 valence electrons. The lowest BCUT2D eigenvalue weighted by Crippen LogP contribution is -2.30. The number of hydrogen-bond donors (Lipinski definition) is 0. The Balaban J connectivity index is 1.50. The van der Waals surface area contributed by atoms with E-state index in [4.69, 9.17) is 0 Å². The van der Waals surface area contributed by atoms with Crippen LogP contribution in [-0.4, -0.2) is 11.1 Å². The maximum atomic E-state index is 2.61. The highest BCUT2D eigenvalue weighted by molar-refractivity contribution is 5.59. The summed E-state index contributed by atoms with van der Waals surface area (Å²) in [6.07, 6.45) is 7.42. The molecule has 2 nitrogen and oxygen atoms in total. The maximum absolute atomic E-state index is 2.61. The molecular weight excluding hydrogens is 328 g/mol. The number of benzene rings is 2. The Morgan fingerprint density at radius 1 is 0.926 bits per heavy atom. The minimum Gasteiger partial charge on any atom is -0.365 e. The van der Waals surface area contributed by atoms with E-state index in [-0.39, 0.29) is 0 Å². The van der Waals surface area contributed by atoms with E-state index in [9.17, 15) is 0 Å². The summed E-state index contributed by atoms with van der Waals surface area (Å²) in [5.74, 6) is 0.899. The first-order valence-corrected chi connectivity index (χ1v) is 10.3. The first kappa shape index (κ1) is 16.7. The van der Waals surface area contributed by atoms with E-state index in [1.54, 1.807) is 0 Å². The van der Waals surface area contributed by atoms with Crippen molar-refractivity contribution in [1.29, 1.82) is 0 Å². The second-order valence-corrected chi connectivity index (χ2v) is 8.28. The molecule has 2 aromatic carbocycles. The van der Waals surface area contributed by atoms with Crippen molar-refractivity contribution in [2.24, 2.45) is 5.92 Å². The molecule has 0 atom stereocenters. The number of nitrogens with zero attached hydrogens (tertiary/aromatic N) is 2. The van der Waals surface area contributed by atoms with Crippen molar-refractivity contribution >= 4 is 5.69 Å². The Kier molecular flexibility index (Phi) is 4.27. The lowest BCUT2D eigenvalue weighted by Gasteiger charge is -2.31. The first-order valence-electron chi connectivity index (χ1n) is 10.3. The third kappa shape index (κ3) is 3.41. The zero-order valence-corrected chi connectivity index (χ0v) is 16.2. The minimum atomic E-state index is 0.899. The molecule has 0 spiro atoms. The van der Waals surface area contributed by atoms with Gasteiger partial charge in [0.2, 0.25) is 0 Å². The monoisotopic (exact) mass is 356 g/mol. The van der Waals surface area contributed by atoms with Gasteiger partial charge in [-0.2, -0.15) is 0 Å². The van der Waals surface area contributed by atoms with Gasteiger partial charge < -0.3 is 9.47 Å². The molecule has 1 fully saturated rings. The fraction of sp³-hybridized carbons (Fsp3) is 0.360. The number of fused-ring (bicyclic) bond motifs is 1. The van der Waals surface area contributed by atoms with Gasteiger partial charge in [-0.3, -0.25) is 0 Å². The van der Waals surface area contributed by atoms with Gasteiger partial charge in [0.15, 0.2) is 0 Å². The molecule has 3 aromatic rings. The molecule has 1 aliphatic heterocycles. The number of rotatable bonds is 5. The van der Waals surface area contributed by atoms with E-state index in [0.717, 1.165) is 31.8 Å². The summed E-state index contributed by atoms with van der Waals surface area (Å²) < 4.78 is 2.53. The molecule has 0 radical (unpaired) electrons. The Morgan fingerprint density at radius 2 is 1.67 bits per heavy atom. The van der Waals surface area contributed by atoms with E-state index in [2.05, 4.69) is 77.2 Å². The molecule has 0 amide bonds. The van der Waals surface area contributed by atoms with Crippen LogP contribution < -0.4 is 4.90 Å². The van der Waals surface area contributed by atoms with Crippen LogP contribution >= 0.6 is 0 Å². The smallest absolute Gasteiger partial charge is 0.0587 e. The van der Waals surface area contributed by atoms with Crippen LogP contribution in [0.3, 0.4) is 0 Å². The van der Waals surface area contributed by atoms with Crippen LogP contribution in [-0.2, 0) is 25.9 Å². The van der Waals surface area contributed by atoms with Crippen molar-refractivity contribution in [3.63, 3.8) is 0 Å². The zero-order valence-electron chi connectivity index (χ0n) is 16.2. The normalized spacial score (nSPS) is 16.4. The van der Waals surface area contributed by atoms with Crippen LogP contribution in [0.4, 0.5) is 5.69 Å². The highest BCUT2D eigenvalue weighted by Gasteiger charge is 2.26. The summed E-state index contributed by atoms with van der Waals surface area (Å²) in [5.41, 5.74) is 8.84. The molecule has 1 aliphatic carbocycles. The van der Waals surface area contributed by atoms with Gasteiger partial charge in [-0.25, -0.2) is 0 Å². The molecule has 1 saturated carbocycles. The summed E-state index contributed by atoms with van der Waals surface area (Å²) in [7, 11) is 0. The lowest BCUT2D eigenvalue weighted by molar-refractivity contribution is 0.614. The summed E-state index contributed by atoms with van der Waals surface area (Å²) in [6, 6.07) is 19.9. The SMILES string of the molecule is Cc1c(Cc2ccccc2)c(N2CCc3ccccc3C2)cn1CC1CC1. The van der Waals surface area contributed by atoms with Gasteiger partial charge in [0.25, 0.3) is 0 Å². The highest BCUT2D eigenvalue weighted by Crippen LogP contribution is 2.36. The van der Waals surface area contributed by atoms with Crippen LogP contribution in [0.2, 0.25) is 0 Å². The molecule has 27 heavy (non-hydrogen) atoms. The van der Waals surface area contributed by atoms with Crippen molar-refractivity contribution in [3.05, 3.63) is 88.7 Å². The third-order valence-corrected chi connectivity index (χ3v) is 6.30. The van der Waals surface area contributed by atoms with Crippen molar-refractivity contribution in [2.75, 3.05) is 11.4 Å². The van der Waals surface area contributed by atoms with E-state index >= 15 is 0 Å².